The molecule has 1 aliphatic carbocycles. The van der Waals surface area contributed by atoms with Crippen molar-refractivity contribution in [1.29, 1.82) is 0 Å². The molecule has 0 bridgehead atoms. The summed E-state index contributed by atoms with van der Waals surface area (Å²) in [5.41, 5.74) is 1.73. The van der Waals surface area contributed by atoms with Gasteiger partial charge in [-0.1, -0.05) is 18.2 Å². The Morgan fingerprint density at radius 2 is 2.42 bits per heavy atom. The van der Waals surface area contributed by atoms with E-state index in [9.17, 15) is 4.79 Å². The highest BCUT2D eigenvalue weighted by Crippen LogP contribution is 2.27. The Morgan fingerprint density at radius 1 is 1.75 bits per heavy atom. The lowest BCUT2D eigenvalue weighted by molar-refractivity contribution is -0.133. The number of carboxylic acid groups (broad SMARTS) is 1. The summed E-state index contributed by atoms with van der Waals surface area (Å²) < 4.78 is 0. The summed E-state index contributed by atoms with van der Waals surface area (Å²) in [6, 6.07) is 0. The van der Waals surface area contributed by atoms with Crippen molar-refractivity contribution in [3.8, 4) is 0 Å². The van der Waals surface area contributed by atoms with Crippen LogP contribution in [0, 0.1) is 5.92 Å². The second-order valence-corrected chi connectivity index (χ2v) is 3.35. The Kier molecular flexibility index (Phi) is 2.69. The lowest BCUT2D eigenvalue weighted by Gasteiger charge is -2.19. The van der Waals surface area contributed by atoms with Crippen molar-refractivity contribution < 1.29 is 9.90 Å². The van der Waals surface area contributed by atoms with Crippen LogP contribution in [0.4, 0.5) is 0 Å². The Balaban J connectivity index is 2.57. The molecule has 1 atom stereocenters. The maximum atomic E-state index is 10.6. The van der Waals surface area contributed by atoms with Gasteiger partial charge in [0.1, 0.15) is 0 Å². The molecule has 0 aromatic rings. The van der Waals surface area contributed by atoms with E-state index in [0.29, 0.717) is 5.57 Å². The van der Waals surface area contributed by atoms with E-state index in [-0.39, 0.29) is 5.92 Å². The summed E-state index contributed by atoms with van der Waals surface area (Å²) in [5, 5.41) is 8.68. The van der Waals surface area contributed by atoms with Gasteiger partial charge in [-0.05, 0) is 32.1 Å². The molecule has 2 heteroatoms. The lowest BCUT2D eigenvalue weighted by Crippen LogP contribution is -2.13. The van der Waals surface area contributed by atoms with E-state index >= 15 is 0 Å². The van der Waals surface area contributed by atoms with E-state index in [1.54, 1.807) is 0 Å². The highest BCUT2D eigenvalue weighted by molar-refractivity contribution is 5.86. The zero-order chi connectivity index (χ0) is 9.14. The third kappa shape index (κ3) is 1.97. The molecule has 0 fully saturated rings. The number of carboxylic acids is 1. The molecule has 0 aromatic heterocycles. The molecule has 0 aliphatic heterocycles. The molecule has 0 spiro atoms. The topological polar surface area (TPSA) is 37.3 Å². The monoisotopic (exact) mass is 166 g/mol. The fraction of sp³-hybridized carbons (Fsp3) is 0.500. The molecular weight excluding hydrogens is 152 g/mol. The van der Waals surface area contributed by atoms with Gasteiger partial charge < -0.3 is 5.11 Å². The fourth-order valence-electron chi connectivity index (χ4n) is 1.46. The molecule has 1 rings (SSSR count). The largest absolute Gasteiger partial charge is 0.478 e. The smallest absolute Gasteiger partial charge is 0.331 e. The van der Waals surface area contributed by atoms with Crippen molar-refractivity contribution in [1.82, 2.24) is 0 Å². The minimum Gasteiger partial charge on any atom is -0.478 e. The van der Waals surface area contributed by atoms with Crippen molar-refractivity contribution in [2.75, 3.05) is 0 Å². The number of aliphatic carboxylic acids is 1. The van der Waals surface area contributed by atoms with E-state index in [1.165, 1.54) is 5.57 Å². The van der Waals surface area contributed by atoms with Gasteiger partial charge in [0.2, 0.25) is 0 Å². The molecule has 0 aromatic carbocycles. The van der Waals surface area contributed by atoms with Gasteiger partial charge in [0.05, 0.1) is 0 Å². The predicted octanol–water partition coefficient (Wildman–Crippen LogP) is 2.37. The van der Waals surface area contributed by atoms with E-state index in [1.807, 2.05) is 0 Å². The summed E-state index contributed by atoms with van der Waals surface area (Å²) in [6.45, 7) is 5.66. The Morgan fingerprint density at radius 3 is 2.83 bits per heavy atom. The third-order valence-corrected chi connectivity index (χ3v) is 2.41. The van der Waals surface area contributed by atoms with Crippen molar-refractivity contribution in [3.05, 3.63) is 23.8 Å². The highest BCUT2D eigenvalue weighted by atomic mass is 16.4. The van der Waals surface area contributed by atoms with Gasteiger partial charge in [0.15, 0.2) is 0 Å². The van der Waals surface area contributed by atoms with Gasteiger partial charge >= 0.3 is 5.97 Å². The number of allylic oxidation sites excluding steroid dienone is 2. The van der Waals surface area contributed by atoms with Gasteiger partial charge in [0.25, 0.3) is 0 Å². The van der Waals surface area contributed by atoms with Gasteiger partial charge in [-0.2, -0.15) is 0 Å². The number of carbonyl (C=O) groups is 1. The molecule has 0 saturated carbocycles. The Bertz CT molecular complexity index is 238. The maximum absolute atomic E-state index is 10.6. The zero-order valence-electron chi connectivity index (χ0n) is 7.34. The van der Waals surface area contributed by atoms with Crippen molar-refractivity contribution >= 4 is 5.97 Å². The highest BCUT2D eigenvalue weighted by Gasteiger charge is 2.19. The third-order valence-electron chi connectivity index (χ3n) is 2.41. The molecule has 1 aliphatic rings. The first kappa shape index (κ1) is 9.04. The number of hydrogen-bond donors (Lipinski definition) is 1. The van der Waals surface area contributed by atoms with Crippen LogP contribution in [-0.2, 0) is 4.79 Å². The summed E-state index contributed by atoms with van der Waals surface area (Å²) in [4.78, 5) is 10.6. The quantitative estimate of drug-likeness (QED) is 0.505. The normalized spacial score (nSPS) is 23.1. The van der Waals surface area contributed by atoms with Gasteiger partial charge in [-0.25, -0.2) is 4.79 Å². The van der Waals surface area contributed by atoms with E-state index < -0.39 is 5.97 Å². The van der Waals surface area contributed by atoms with Crippen LogP contribution in [0.3, 0.4) is 0 Å². The average Bonchev–Trinajstić information content (AvgIpc) is 2.04. The Hall–Kier alpha value is -1.05. The van der Waals surface area contributed by atoms with Gasteiger partial charge in [-0.15, -0.1) is 0 Å². The molecule has 0 radical (unpaired) electrons. The SMILES string of the molecule is C=C(C(=O)O)[C@H]1CC=C(C)CC1. The summed E-state index contributed by atoms with van der Waals surface area (Å²) in [6.07, 6.45) is 4.91. The lowest BCUT2D eigenvalue weighted by atomic mass is 9.85. The average molecular weight is 166 g/mol. The van der Waals surface area contributed by atoms with Crippen LogP contribution in [-0.4, -0.2) is 11.1 Å². The molecule has 0 unspecified atom stereocenters. The maximum Gasteiger partial charge on any atom is 0.331 e. The van der Waals surface area contributed by atoms with Crippen LogP contribution < -0.4 is 0 Å². The van der Waals surface area contributed by atoms with E-state index in [0.717, 1.165) is 19.3 Å². The molecule has 2 nitrogen and oxygen atoms in total. The van der Waals surface area contributed by atoms with Crippen LogP contribution in [0.2, 0.25) is 0 Å². The van der Waals surface area contributed by atoms with Crippen LogP contribution in [0.25, 0.3) is 0 Å². The van der Waals surface area contributed by atoms with Crippen LogP contribution in [0.5, 0.6) is 0 Å². The summed E-state index contributed by atoms with van der Waals surface area (Å²) in [7, 11) is 0. The standard InChI is InChI=1S/C10H14O2/c1-7-3-5-9(6-4-7)8(2)10(11)12/h3,9H,2,4-6H2,1H3,(H,11,12)/t9-/m0/s1. The first-order valence-corrected chi connectivity index (χ1v) is 4.19. The zero-order valence-corrected chi connectivity index (χ0v) is 7.34. The van der Waals surface area contributed by atoms with Crippen molar-refractivity contribution in [3.63, 3.8) is 0 Å². The van der Waals surface area contributed by atoms with Crippen LogP contribution >= 0.6 is 0 Å². The second-order valence-electron chi connectivity index (χ2n) is 3.35. The minimum atomic E-state index is -0.854. The second kappa shape index (κ2) is 3.57. The molecule has 12 heavy (non-hydrogen) atoms. The van der Waals surface area contributed by atoms with E-state index in [4.69, 9.17) is 5.11 Å². The number of rotatable bonds is 2. The summed E-state index contributed by atoms with van der Waals surface area (Å²) in [5.74, 6) is -0.695. The van der Waals surface area contributed by atoms with E-state index in [2.05, 4.69) is 19.6 Å². The minimum absolute atomic E-state index is 0.159. The number of hydrogen-bond acceptors (Lipinski definition) is 1. The van der Waals surface area contributed by atoms with Crippen molar-refractivity contribution in [2.45, 2.75) is 26.2 Å². The first-order chi connectivity index (χ1) is 5.61. The predicted molar refractivity (Wildman–Crippen MR) is 47.9 cm³/mol. The van der Waals surface area contributed by atoms with Crippen molar-refractivity contribution in [2.24, 2.45) is 5.92 Å². The molecule has 1 N–H and O–H groups in total. The Labute approximate surface area is 72.6 Å². The molecular formula is C10H14O2. The van der Waals surface area contributed by atoms with Gasteiger partial charge in [0, 0.05) is 5.57 Å². The summed E-state index contributed by atoms with van der Waals surface area (Å²) >= 11 is 0. The van der Waals surface area contributed by atoms with Crippen LogP contribution in [0.15, 0.2) is 23.8 Å². The van der Waals surface area contributed by atoms with Crippen LogP contribution in [0.1, 0.15) is 26.2 Å². The first-order valence-electron chi connectivity index (χ1n) is 4.19. The molecule has 0 saturated heterocycles. The van der Waals surface area contributed by atoms with Gasteiger partial charge in [-0.3, -0.25) is 0 Å². The molecule has 0 amide bonds. The molecule has 0 heterocycles. The fourth-order valence-corrected chi connectivity index (χ4v) is 1.46. The molecule has 66 valence electrons.